The van der Waals surface area contributed by atoms with Crippen LogP contribution in [0.3, 0.4) is 0 Å². The number of H-pyrrole nitrogens is 1. The van der Waals surface area contributed by atoms with Gasteiger partial charge in [-0.15, -0.1) is 0 Å². The number of nitrogens with zero attached hydrogens (tertiary/aromatic N) is 1. The third kappa shape index (κ3) is 3.01. The van der Waals surface area contributed by atoms with Crippen LogP contribution in [0.25, 0.3) is 11.4 Å². The van der Waals surface area contributed by atoms with Crippen molar-refractivity contribution in [3.8, 4) is 11.4 Å². The van der Waals surface area contributed by atoms with Crippen molar-refractivity contribution in [2.45, 2.75) is 26.2 Å². The van der Waals surface area contributed by atoms with Crippen LogP contribution in [0, 0.1) is 5.82 Å². The van der Waals surface area contributed by atoms with Gasteiger partial charge in [0, 0.05) is 17.0 Å². The highest BCUT2D eigenvalue weighted by molar-refractivity contribution is 6.31. The maximum absolute atomic E-state index is 13.1. The van der Waals surface area contributed by atoms with Gasteiger partial charge in [-0.2, -0.15) is 0 Å². The molecule has 1 heterocycles. The van der Waals surface area contributed by atoms with Crippen LogP contribution in [0.4, 0.5) is 4.39 Å². The molecule has 0 saturated heterocycles. The second-order valence-electron chi connectivity index (χ2n) is 5.36. The lowest BCUT2D eigenvalue weighted by atomic mass is 9.92. The van der Waals surface area contributed by atoms with Crippen molar-refractivity contribution in [1.82, 2.24) is 9.97 Å². The first-order valence-electron chi connectivity index (χ1n) is 5.84. The first-order chi connectivity index (χ1) is 8.77. The topological polar surface area (TPSA) is 45.8 Å². The Morgan fingerprint density at radius 3 is 2.53 bits per heavy atom. The van der Waals surface area contributed by atoms with Crippen LogP contribution in [0.1, 0.15) is 26.5 Å². The van der Waals surface area contributed by atoms with Gasteiger partial charge in [0.15, 0.2) is 0 Å². The lowest BCUT2D eigenvalue weighted by Crippen LogP contribution is -2.19. The molecule has 0 bridgehead atoms. The molecule has 0 amide bonds. The fraction of sp³-hybridized carbons (Fsp3) is 0.286. The first-order valence-corrected chi connectivity index (χ1v) is 6.22. The summed E-state index contributed by atoms with van der Waals surface area (Å²) in [6.45, 7) is 5.91. The second kappa shape index (κ2) is 4.78. The van der Waals surface area contributed by atoms with Gasteiger partial charge < -0.3 is 4.98 Å². The van der Waals surface area contributed by atoms with E-state index in [0.717, 1.165) is 0 Å². The third-order valence-electron chi connectivity index (χ3n) is 2.70. The molecular formula is C14H14ClFN2O. The van der Waals surface area contributed by atoms with Crippen LogP contribution in [-0.4, -0.2) is 9.97 Å². The Hall–Kier alpha value is -1.68. The molecule has 0 aliphatic carbocycles. The maximum atomic E-state index is 13.1. The Morgan fingerprint density at radius 2 is 1.95 bits per heavy atom. The van der Waals surface area contributed by atoms with E-state index < -0.39 is 5.82 Å². The van der Waals surface area contributed by atoms with Crippen LogP contribution in [0.2, 0.25) is 5.02 Å². The maximum Gasteiger partial charge on any atom is 0.251 e. The van der Waals surface area contributed by atoms with E-state index in [0.29, 0.717) is 17.1 Å². The van der Waals surface area contributed by atoms with Crippen LogP contribution in [0.5, 0.6) is 0 Å². The van der Waals surface area contributed by atoms with E-state index in [1.54, 1.807) is 0 Å². The monoisotopic (exact) mass is 280 g/mol. The number of aromatic nitrogens is 2. The highest BCUT2D eigenvalue weighted by Crippen LogP contribution is 2.24. The molecule has 5 heteroatoms. The minimum absolute atomic E-state index is 0.00121. The molecule has 100 valence electrons. The largest absolute Gasteiger partial charge is 0.307 e. The minimum atomic E-state index is -0.500. The van der Waals surface area contributed by atoms with E-state index in [4.69, 9.17) is 11.6 Å². The van der Waals surface area contributed by atoms with Crippen LogP contribution in [-0.2, 0) is 5.41 Å². The quantitative estimate of drug-likeness (QED) is 0.868. The molecule has 0 aliphatic heterocycles. The Morgan fingerprint density at radius 1 is 1.26 bits per heavy atom. The number of aromatic amines is 1. The first kappa shape index (κ1) is 13.7. The number of benzene rings is 1. The van der Waals surface area contributed by atoms with Gasteiger partial charge in [-0.05, 0) is 18.2 Å². The summed E-state index contributed by atoms with van der Waals surface area (Å²) in [5.41, 5.74) is 0.768. The van der Waals surface area contributed by atoms with Crippen molar-refractivity contribution in [1.29, 1.82) is 0 Å². The number of hydrogen-bond donors (Lipinski definition) is 1. The third-order valence-corrected chi connectivity index (χ3v) is 2.99. The molecule has 1 aromatic carbocycles. The fourth-order valence-corrected chi connectivity index (χ4v) is 1.80. The Balaban J connectivity index is 2.59. The number of halogens is 2. The molecule has 1 aromatic heterocycles. The molecule has 0 saturated carbocycles. The van der Waals surface area contributed by atoms with Crippen LogP contribution >= 0.6 is 11.6 Å². The number of hydrogen-bond acceptors (Lipinski definition) is 2. The zero-order chi connectivity index (χ0) is 14.2. The van der Waals surface area contributed by atoms with Crippen molar-refractivity contribution in [3.63, 3.8) is 0 Å². The summed E-state index contributed by atoms with van der Waals surface area (Å²) < 4.78 is 13.1. The van der Waals surface area contributed by atoms with Crippen molar-refractivity contribution < 1.29 is 4.39 Å². The number of nitrogens with one attached hydrogen (secondary N) is 1. The highest BCUT2D eigenvalue weighted by Gasteiger charge is 2.17. The lowest BCUT2D eigenvalue weighted by Gasteiger charge is -2.17. The Kier molecular flexibility index (Phi) is 3.45. The minimum Gasteiger partial charge on any atom is -0.307 e. The van der Waals surface area contributed by atoms with E-state index in [2.05, 4.69) is 9.97 Å². The molecule has 0 fully saturated rings. The van der Waals surface area contributed by atoms with Gasteiger partial charge in [0.05, 0.1) is 10.7 Å². The molecule has 0 spiro atoms. The predicted molar refractivity (Wildman–Crippen MR) is 74.0 cm³/mol. The Labute approximate surface area is 115 Å². The van der Waals surface area contributed by atoms with E-state index in [1.807, 2.05) is 20.8 Å². The molecule has 0 unspecified atom stereocenters. The molecule has 0 aliphatic rings. The molecule has 3 nitrogen and oxygen atoms in total. The van der Waals surface area contributed by atoms with E-state index in [9.17, 15) is 9.18 Å². The van der Waals surface area contributed by atoms with Crippen molar-refractivity contribution in [3.05, 3.63) is 51.2 Å². The molecule has 0 radical (unpaired) electrons. The predicted octanol–water partition coefficient (Wildman–Crippen LogP) is 3.53. The summed E-state index contributed by atoms with van der Waals surface area (Å²) in [4.78, 5) is 18.7. The average molecular weight is 281 g/mol. The summed E-state index contributed by atoms with van der Waals surface area (Å²) in [7, 11) is 0. The fourth-order valence-electron chi connectivity index (χ4n) is 1.62. The standard InChI is InChI=1S/C14H14ClFN2O/c1-14(2,3)11-7-12(19)18-13(17-11)8-4-5-10(16)9(15)6-8/h4-7H,1-3H3,(H,17,18,19). The molecule has 2 rings (SSSR count). The van der Waals surface area contributed by atoms with Crippen molar-refractivity contribution in [2.24, 2.45) is 0 Å². The van der Waals surface area contributed by atoms with Crippen LogP contribution < -0.4 is 5.56 Å². The van der Waals surface area contributed by atoms with E-state index in [-0.39, 0.29) is 16.0 Å². The van der Waals surface area contributed by atoms with Crippen molar-refractivity contribution >= 4 is 11.6 Å². The second-order valence-corrected chi connectivity index (χ2v) is 5.77. The average Bonchev–Trinajstić information content (AvgIpc) is 2.31. The van der Waals surface area contributed by atoms with E-state index >= 15 is 0 Å². The molecule has 0 atom stereocenters. The van der Waals surface area contributed by atoms with Gasteiger partial charge in [-0.25, -0.2) is 9.37 Å². The molecule has 1 N–H and O–H groups in total. The van der Waals surface area contributed by atoms with Gasteiger partial charge in [0.1, 0.15) is 11.6 Å². The zero-order valence-corrected chi connectivity index (χ0v) is 11.7. The summed E-state index contributed by atoms with van der Waals surface area (Å²) >= 11 is 5.74. The Bertz CT molecular complexity index is 674. The molecular weight excluding hydrogens is 267 g/mol. The van der Waals surface area contributed by atoms with Gasteiger partial charge in [-0.1, -0.05) is 32.4 Å². The van der Waals surface area contributed by atoms with E-state index in [1.165, 1.54) is 24.3 Å². The van der Waals surface area contributed by atoms with Gasteiger partial charge in [0.25, 0.3) is 5.56 Å². The van der Waals surface area contributed by atoms with Gasteiger partial charge in [-0.3, -0.25) is 4.79 Å². The summed E-state index contributed by atoms with van der Waals surface area (Å²) in [6.07, 6.45) is 0. The summed E-state index contributed by atoms with van der Waals surface area (Å²) in [5.74, 6) is -0.112. The van der Waals surface area contributed by atoms with Crippen molar-refractivity contribution in [2.75, 3.05) is 0 Å². The number of rotatable bonds is 1. The smallest absolute Gasteiger partial charge is 0.251 e. The zero-order valence-electron chi connectivity index (χ0n) is 10.9. The SMILES string of the molecule is CC(C)(C)c1cc(=O)[nH]c(-c2ccc(F)c(Cl)c2)n1. The summed E-state index contributed by atoms with van der Waals surface area (Å²) in [5, 5.41) is 0.00121. The summed E-state index contributed by atoms with van der Waals surface area (Å²) in [6, 6.07) is 5.70. The molecule has 19 heavy (non-hydrogen) atoms. The molecule has 2 aromatic rings. The lowest BCUT2D eigenvalue weighted by molar-refractivity contribution is 0.566. The highest BCUT2D eigenvalue weighted by atomic mass is 35.5. The normalized spacial score (nSPS) is 11.6. The van der Waals surface area contributed by atoms with Gasteiger partial charge in [0.2, 0.25) is 0 Å². The van der Waals surface area contributed by atoms with Gasteiger partial charge >= 0.3 is 0 Å². The van der Waals surface area contributed by atoms with Crippen LogP contribution in [0.15, 0.2) is 29.1 Å².